The molecule has 0 fully saturated rings. The Morgan fingerprint density at radius 2 is 2.08 bits per heavy atom. The molecule has 0 aliphatic carbocycles. The number of methoxy groups -OCH3 is 1. The SMILES string of the molecule is CCOCCn1c(=NC(=O)c2cccc(F)c2)sc2cccc(OC)c21. The lowest BCUT2D eigenvalue weighted by Crippen LogP contribution is -2.20. The zero-order valence-electron chi connectivity index (χ0n) is 14.6. The Bertz CT molecular complexity index is 994. The number of rotatable bonds is 6. The van der Waals surface area contributed by atoms with Crippen LogP contribution in [0.15, 0.2) is 47.5 Å². The van der Waals surface area contributed by atoms with Crippen molar-refractivity contribution in [3.8, 4) is 5.75 Å². The molecule has 7 heteroatoms. The first-order valence-electron chi connectivity index (χ1n) is 8.22. The lowest BCUT2D eigenvalue weighted by atomic mass is 10.2. The number of nitrogens with zero attached hydrogens (tertiary/aromatic N) is 2. The Kier molecular flexibility index (Phi) is 5.80. The van der Waals surface area contributed by atoms with Gasteiger partial charge in [0.25, 0.3) is 5.91 Å². The van der Waals surface area contributed by atoms with E-state index in [2.05, 4.69) is 4.99 Å². The van der Waals surface area contributed by atoms with Gasteiger partial charge in [0.05, 0.1) is 18.4 Å². The number of halogens is 1. The van der Waals surface area contributed by atoms with Crippen molar-refractivity contribution in [1.29, 1.82) is 0 Å². The second-order valence-electron chi connectivity index (χ2n) is 5.47. The second-order valence-corrected chi connectivity index (χ2v) is 6.48. The number of aromatic nitrogens is 1. The van der Waals surface area contributed by atoms with Gasteiger partial charge in [0.15, 0.2) is 4.80 Å². The molecule has 0 aliphatic rings. The summed E-state index contributed by atoms with van der Waals surface area (Å²) in [6.07, 6.45) is 0. The molecule has 1 aromatic heterocycles. The summed E-state index contributed by atoms with van der Waals surface area (Å²) in [5.41, 5.74) is 1.08. The first kappa shape index (κ1) is 18.3. The molecular formula is C19H19FN2O3S. The summed E-state index contributed by atoms with van der Waals surface area (Å²) < 4.78 is 27.2. The summed E-state index contributed by atoms with van der Waals surface area (Å²) in [5, 5.41) is 0. The van der Waals surface area contributed by atoms with Crippen molar-refractivity contribution in [3.05, 3.63) is 58.6 Å². The summed E-state index contributed by atoms with van der Waals surface area (Å²) in [4.78, 5) is 17.2. The summed E-state index contributed by atoms with van der Waals surface area (Å²) in [6.45, 7) is 3.55. The van der Waals surface area contributed by atoms with Crippen LogP contribution in [0.3, 0.4) is 0 Å². The molecule has 2 aromatic carbocycles. The molecule has 0 aliphatic heterocycles. The highest BCUT2D eigenvalue weighted by Gasteiger charge is 2.13. The summed E-state index contributed by atoms with van der Waals surface area (Å²) in [6, 6.07) is 11.2. The smallest absolute Gasteiger partial charge is 0.279 e. The Balaban J connectivity index is 2.11. The van der Waals surface area contributed by atoms with Crippen LogP contribution in [-0.2, 0) is 11.3 Å². The van der Waals surface area contributed by atoms with Gasteiger partial charge in [-0.15, -0.1) is 0 Å². The Hall–Kier alpha value is -2.51. The molecule has 0 N–H and O–H groups in total. The molecule has 0 saturated heterocycles. The Morgan fingerprint density at radius 3 is 2.81 bits per heavy atom. The van der Waals surface area contributed by atoms with E-state index in [-0.39, 0.29) is 5.56 Å². The van der Waals surface area contributed by atoms with Crippen LogP contribution in [0, 0.1) is 5.82 Å². The van der Waals surface area contributed by atoms with E-state index in [0.717, 1.165) is 10.2 Å². The van der Waals surface area contributed by atoms with Crippen LogP contribution < -0.4 is 9.54 Å². The maximum absolute atomic E-state index is 13.4. The van der Waals surface area contributed by atoms with E-state index in [1.54, 1.807) is 13.2 Å². The van der Waals surface area contributed by atoms with E-state index >= 15 is 0 Å². The molecule has 5 nitrogen and oxygen atoms in total. The van der Waals surface area contributed by atoms with Crippen LogP contribution in [-0.4, -0.2) is 30.8 Å². The quantitative estimate of drug-likeness (QED) is 0.619. The van der Waals surface area contributed by atoms with E-state index in [1.807, 2.05) is 29.7 Å². The zero-order chi connectivity index (χ0) is 18.5. The van der Waals surface area contributed by atoms with Crippen molar-refractivity contribution in [3.63, 3.8) is 0 Å². The number of ether oxygens (including phenoxy) is 2. The highest BCUT2D eigenvalue weighted by Crippen LogP contribution is 2.27. The normalized spacial score (nSPS) is 11.9. The highest BCUT2D eigenvalue weighted by molar-refractivity contribution is 7.16. The molecule has 0 atom stereocenters. The summed E-state index contributed by atoms with van der Waals surface area (Å²) in [7, 11) is 1.61. The van der Waals surface area contributed by atoms with Gasteiger partial charge in [-0.2, -0.15) is 4.99 Å². The minimum absolute atomic E-state index is 0.214. The number of hydrogen-bond acceptors (Lipinski definition) is 4. The van der Waals surface area contributed by atoms with Gasteiger partial charge in [0, 0.05) is 18.7 Å². The molecule has 0 bridgehead atoms. The van der Waals surface area contributed by atoms with E-state index in [1.165, 1.54) is 29.5 Å². The minimum atomic E-state index is -0.486. The topological polar surface area (TPSA) is 52.8 Å². The van der Waals surface area contributed by atoms with Crippen LogP contribution in [0.1, 0.15) is 17.3 Å². The van der Waals surface area contributed by atoms with Gasteiger partial charge >= 0.3 is 0 Å². The first-order chi connectivity index (χ1) is 12.6. The number of hydrogen-bond donors (Lipinski definition) is 0. The van der Waals surface area contributed by atoms with E-state index in [4.69, 9.17) is 9.47 Å². The van der Waals surface area contributed by atoms with Crippen LogP contribution >= 0.6 is 11.3 Å². The van der Waals surface area contributed by atoms with Crippen molar-refractivity contribution >= 4 is 27.5 Å². The maximum Gasteiger partial charge on any atom is 0.279 e. The van der Waals surface area contributed by atoms with Crippen molar-refractivity contribution in [2.75, 3.05) is 20.3 Å². The first-order valence-corrected chi connectivity index (χ1v) is 9.04. The average Bonchev–Trinajstić information content (AvgIpc) is 2.99. The predicted molar refractivity (Wildman–Crippen MR) is 99.2 cm³/mol. The van der Waals surface area contributed by atoms with Crippen LogP contribution in [0.2, 0.25) is 0 Å². The van der Waals surface area contributed by atoms with Gasteiger partial charge < -0.3 is 14.0 Å². The van der Waals surface area contributed by atoms with Gasteiger partial charge in [0.2, 0.25) is 0 Å². The number of amides is 1. The largest absolute Gasteiger partial charge is 0.495 e. The van der Waals surface area contributed by atoms with Crippen LogP contribution in [0.5, 0.6) is 5.75 Å². The molecule has 0 saturated carbocycles. The fourth-order valence-corrected chi connectivity index (χ4v) is 3.70. The lowest BCUT2D eigenvalue weighted by molar-refractivity contribution is 0.0996. The third-order valence-corrected chi connectivity index (χ3v) is 4.86. The van der Waals surface area contributed by atoms with Gasteiger partial charge in [-0.25, -0.2) is 4.39 Å². The maximum atomic E-state index is 13.4. The van der Waals surface area contributed by atoms with Gasteiger partial charge in [-0.1, -0.05) is 23.5 Å². The standard InChI is InChI=1S/C19H19FN2O3S/c1-3-25-11-10-22-17-15(24-2)8-5-9-16(17)26-19(22)21-18(23)13-6-4-7-14(20)12-13/h4-9,12H,3,10-11H2,1-2H3. The number of carbonyl (C=O) groups excluding carboxylic acids is 1. The van der Waals surface area contributed by atoms with Gasteiger partial charge in [0.1, 0.15) is 17.1 Å². The van der Waals surface area contributed by atoms with Crippen molar-refractivity contribution in [1.82, 2.24) is 4.57 Å². The highest BCUT2D eigenvalue weighted by atomic mass is 32.1. The fourth-order valence-electron chi connectivity index (χ4n) is 2.63. The van der Waals surface area contributed by atoms with E-state index in [9.17, 15) is 9.18 Å². The molecule has 136 valence electrons. The van der Waals surface area contributed by atoms with E-state index in [0.29, 0.717) is 30.3 Å². The Labute approximate surface area is 154 Å². The molecular weight excluding hydrogens is 355 g/mol. The molecule has 0 spiro atoms. The average molecular weight is 374 g/mol. The summed E-state index contributed by atoms with van der Waals surface area (Å²) in [5.74, 6) is -0.247. The third-order valence-electron chi connectivity index (χ3n) is 3.82. The molecule has 1 heterocycles. The van der Waals surface area contributed by atoms with Crippen molar-refractivity contribution in [2.24, 2.45) is 4.99 Å². The van der Waals surface area contributed by atoms with Crippen molar-refractivity contribution in [2.45, 2.75) is 13.5 Å². The third kappa shape index (κ3) is 3.84. The number of carbonyl (C=O) groups is 1. The van der Waals surface area contributed by atoms with Crippen molar-refractivity contribution < 1.29 is 18.7 Å². The second kappa shape index (κ2) is 8.25. The van der Waals surface area contributed by atoms with Gasteiger partial charge in [-0.05, 0) is 37.3 Å². The molecule has 0 radical (unpaired) electrons. The fraction of sp³-hybridized carbons (Fsp3) is 0.263. The monoisotopic (exact) mass is 374 g/mol. The minimum Gasteiger partial charge on any atom is -0.495 e. The lowest BCUT2D eigenvalue weighted by Gasteiger charge is -2.08. The number of benzene rings is 2. The molecule has 26 heavy (non-hydrogen) atoms. The number of para-hydroxylation sites is 1. The van der Waals surface area contributed by atoms with Crippen LogP contribution in [0.4, 0.5) is 4.39 Å². The van der Waals surface area contributed by atoms with Crippen LogP contribution in [0.25, 0.3) is 10.2 Å². The van der Waals surface area contributed by atoms with Gasteiger partial charge in [-0.3, -0.25) is 4.79 Å². The number of thiazole rings is 1. The van der Waals surface area contributed by atoms with E-state index < -0.39 is 11.7 Å². The summed E-state index contributed by atoms with van der Waals surface area (Å²) >= 11 is 1.38. The number of fused-ring (bicyclic) bond motifs is 1. The molecule has 0 unspecified atom stereocenters. The predicted octanol–water partition coefficient (Wildman–Crippen LogP) is 3.63. The zero-order valence-corrected chi connectivity index (χ0v) is 15.4. The molecule has 3 rings (SSSR count). The Morgan fingerprint density at radius 1 is 1.27 bits per heavy atom. The molecule has 3 aromatic rings. The molecule has 1 amide bonds.